The molecule has 2 aromatic rings. The van der Waals surface area contributed by atoms with Gasteiger partial charge in [-0.1, -0.05) is 6.07 Å². The van der Waals surface area contributed by atoms with Gasteiger partial charge >= 0.3 is 0 Å². The topological polar surface area (TPSA) is 64.9 Å². The van der Waals surface area contributed by atoms with Gasteiger partial charge in [0.2, 0.25) is 0 Å². The lowest BCUT2D eigenvalue weighted by Gasteiger charge is -2.04. The highest BCUT2D eigenvalue weighted by molar-refractivity contribution is 5.87. The molecule has 1 aliphatic carbocycles. The van der Waals surface area contributed by atoms with Crippen LogP contribution in [-0.2, 0) is 0 Å². The fourth-order valence-corrected chi connectivity index (χ4v) is 2.39. The van der Waals surface area contributed by atoms with Crippen molar-refractivity contribution in [1.82, 2.24) is 9.97 Å². The van der Waals surface area contributed by atoms with Gasteiger partial charge in [-0.25, -0.2) is 9.97 Å². The Morgan fingerprint density at radius 3 is 2.90 bits per heavy atom. The summed E-state index contributed by atoms with van der Waals surface area (Å²) < 4.78 is 5.17. The summed E-state index contributed by atoms with van der Waals surface area (Å²) in [6, 6.07) is 11.6. The van der Waals surface area contributed by atoms with Crippen molar-refractivity contribution in [2.24, 2.45) is 0 Å². The lowest BCUT2D eigenvalue weighted by molar-refractivity contribution is 0.552. The molecule has 2 heterocycles. The van der Waals surface area contributed by atoms with Crippen LogP contribution in [0.5, 0.6) is 0 Å². The Bertz CT molecular complexity index is 882. The minimum absolute atomic E-state index is 0.712. The third-order valence-electron chi connectivity index (χ3n) is 3.38. The lowest BCUT2D eigenvalue weighted by atomic mass is 10.1. The third-order valence-corrected chi connectivity index (χ3v) is 3.38. The monoisotopic (exact) mass is 261 g/mol. The summed E-state index contributed by atoms with van der Waals surface area (Å²) in [5.74, 6) is 0.712. The van der Waals surface area contributed by atoms with Gasteiger partial charge in [0.05, 0.1) is 18.0 Å². The van der Waals surface area contributed by atoms with Gasteiger partial charge in [-0.3, -0.25) is 0 Å². The van der Waals surface area contributed by atoms with Gasteiger partial charge in [-0.05, 0) is 35.9 Å². The molecule has 4 rings (SSSR count). The van der Waals surface area contributed by atoms with Gasteiger partial charge < -0.3 is 10.2 Å². The number of nitrogens with two attached hydrogens (primary N) is 1. The largest absolute Gasteiger partial charge is 0.472 e. The first-order chi connectivity index (χ1) is 9.81. The van der Waals surface area contributed by atoms with Crippen LogP contribution < -0.4 is 5.73 Å². The van der Waals surface area contributed by atoms with E-state index in [1.807, 2.05) is 36.4 Å². The smallest absolute Gasteiger partial charge is 0.160 e. The van der Waals surface area contributed by atoms with Crippen LogP contribution in [0.1, 0.15) is 0 Å². The Balaban J connectivity index is 1.92. The molecule has 2 aliphatic rings. The van der Waals surface area contributed by atoms with Crippen LogP contribution >= 0.6 is 0 Å². The molecule has 0 radical (unpaired) electrons. The molecule has 1 aliphatic heterocycles. The predicted octanol–water partition coefficient (Wildman–Crippen LogP) is 3.58. The average molecular weight is 261 g/mol. The van der Waals surface area contributed by atoms with Crippen molar-refractivity contribution in [3.8, 4) is 22.5 Å². The number of rotatable bonds is 1. The summed E-state index contributed by atoms with van der Waals surface area (Å²) in [6.45, 7) is 0. The van der Waals surface area contributed by atoms with E-state index >= 15 is 0 Å². The highest BCUT2D eigenvalue weighted by atomic mass is 16.3. The summed E-state index contributed by atoms with van der Waals surface area (Å²) in [7, 11) is 0. The number of aromatic nitrogens is 2. The van der Waals surface area contributed by atoms with Crippen LogP contribution in [0.15, 0.2) is 59.5 Å². The summed E-state index contributed by atoms with van der Waals surface area (Å²) in [6.07, 6.45) is 5.19. The minimum Gasteiger partial charge on any atom is -0.472 e. The highest BCUT2D eigenvalue weighted by Gasteiger charge is 2.13. The summed E-state index contributed by atoms with van der Waals surface area (Å²) >= 11 is 0. The zero-order valence-corrected chi connectivity index (χ0v) is 10.6. The number of nitrogens with zero attached hydrogens (tertiary/aromatic N) is 2. The average Bonchev–Trinajstić information content (AvgIpc) is 2.91. The molecule has 1 aromatic heterocycles. The molecule has 0 bridgehead atoms. The van der Waals surface area contributed by atoms with E-state index in [2.05, 4.69) is 9.97 Å². The summed E-state index contributed by atoms with van der Waals surface area (Å²) in [5.41, 5.74) is 10.5. The zero-order valence-electron chi connectivity index (χ0n) is 10.6. The van der Waals surface area contributed by atoms with Crippen molar-refractivity contribution in [2.75, 3.05) is 5.73 Å². The highest BCUT2D eigenvalue weighted by Crippen LogP contribution is 2.34. The van der Waals surface area contributed by atoms with Gasteiger partial charge in [-0.2, -0.15) is 0 Å². The van der Waals surface area contributed by atoms with Gasteiger partial charge in [0.1, 0.15) is 0 Å². The molecule has 0 atom stereocenters. The molecular formula is C16H11N3O. The summed E-state index contributed by atoms with van der Waals surface area (Å²) in [4.78, 5) is 9.05. The van der Waals surface area contributed by atoms with Gasteiger partial charge in [0.15, 0.2) is 5.82 Å². The van der Waals surface area contributed by atoms with Gasteiger partial charge in [0.25, 0.3) is 0 Å². The molecule has 0 amide bonds. The van der Waals surface area contributed by atoms with E-state index in [-0.39, 0.29) is 0 Å². The second-order valence-corrected chi connectivity index (χ2v) is 4.68. The van der Waals surface area contributed by atoms with E-state index in [1.165, 1.54) is 0 Å². The number of fused-ring (bicyclic) bond motifs is 2. The molecule has 4 nitrogen and oxygen atoms in total. The Morgan fingerprint density at radius 1 is 1.00 bits per heavy atom. The molecule has 0 saturated heterocycles. The first-order valence-corrected chi connectivity index (χ1v) is 6.29. The molecule has 0 unspecified atom stereocenters. The van der Waals surface area contributed by atoms with Crippen LogP contribution in [-0.4, -0.2) is 9.97 Å². The van der Waals surface area contributed by atoms with Crippen molar-refractivity contribution in [3.05, 3.63) is 55.1 Å². The fourth-order valence-electron chi connectivity index (χ4n) is 2.39. The van der Waals surface area contributed by atoms with Crippen molar-refractivity contribution in [1.29, 1.82) is 0 Å². The Kier molecular flexibility index (Phi) is 2.23. The molecule has 1 aromatic carbocycles. The Hall–Kier alpha value is -2.88. The van der Waals surface area contributed by atoms with E-state index in [1.54, 1.807) is 18.7 Å². The van der Waals surface area contributed by atoms with E-state index < -0.39 is 0 Å². The van der Waals surface area contributed by atoms with E-state index in [9.17, 15) is 0 Å². The van der Waals surface area contributed by atoms with E-state index in [4.69, 9.17) is 10.2 Å². The number of hydrogen-bond donors (Lipinski definition) is 1. The number of nitrogen functional groups attached to an aromatic ring is 1. The normalized spacial score (nSPS) is 11.2. The molecule has 96 valence electrons. The maximum atomic E-state index is 5.76. The van der Waals surface area contributed by atoms with E-state index in [0.717, 1.165) is 27.6 Å². The van der Waals surface area contributed by atoms with Crippen LogP contribution in [0.25, 0.3) is 33.4 Å². The molecular weight excluding hydrogens is 250 g/mol. The third kappa shape index (κ3) is 1.62. The maximum Gasteiger partial charge on any atom is 0.160 e. The molecule has 0 spiro atoms. The first-order valence-electron chi connectivity index (χ1n) is 6.29. The standard InChI is InChI=1S/C16H11N3O/c17-12-2-4-15-11(7-12)8-18-16(19-15)14-3-1-10-9-20-6-5-13(10)14/h1-9H,17H2. The van der Waals surface area contributed by atoms with Gasteiger partial charge in [-0.15, -0.1) is 0 Å². The maximum absolute atomic E-state index is 5.76. The first kappa shape index (κ1) is 11.0. The molecule has 2 N–H and O–H groups in total. The number of anilines is 1. The van der Waals surface area contributed by atoms with Crippen LogP contribution in [0.3, 0.4) is 0 Å². The predicted molar refractivity (Wildman–Crippen MR) is 78.3 cm³/mol. The molecule has 20 heavy (non-hydrogen) atoms. The molecule has 4 heteroatoms. The van der Waals surface area contributed by atoms with Crippen molar-refractivity contribution >= 4 is 16.6 Å². The van der Waals surface area contributed by atoms with Crippen LogP contribution in [0.4, 0.5) is 5.69 Å². The van der Waals surface area contributed by atoms with Crippen LogP contribution in [0, 0.1) is 0 Å². The number of benzene rings is 1. The van der Waals surface area contributed by atoms with Gasteiger partial charge in [0, 0.05) is 28.4 Å². The van der Waals surface area contributed by atoms with Crippen molar-refractivity contribution < 1.29 is 4.42 Å². The van der Waals surface area contributed by atoms with Crippen molar-refractivity contribution in [3.63, 3.8) is 0 Å². The van der Waals surface area contributed by atoms with E-state index in [0.29, 0.717) is 11.5 Å². The van der Waals surface area contributed by atoms with Crippen LogP contribution in [0.2, 0.25) is 0 Å². The number of hydrogen-bond acceptors (Lipinski definition) is 4. The fraction of sp³-hybridized carbons (Fsp3) is 0. The summed E-state index contributed by atoms with van der Waals surface area (Å²) in [5, 5.41) is 0.944. The second kappa shape index (κ2) is 4.06. The molecule has 0 fully saturated rings. The molecule has 0 saturated carbocycles. The Morgan fingerprint density at radius 2 is 1.95 bits per heavy atom. The lowest BCUT2D eigenvalue weighted by Crippen LogP contribution is -1.91. The second-order valence-electron chi connectivity index (χ2n) is 4.68. The Labute approximate surface area is 115 Å². The SMILES string of the molecule is Nc1ccc2nc(-c3ccc4coccc3-4)ncc2c1. The van der Waals surface area contributed by atoms with Crippen molar-refractivity contribution in [2.45, 2.75) is 0 Å². The quantitative estimate of drug-likeness (QED) is 0.532. The minimum atomic E-state index is 0.712. The zero-order chi connectivity index (χ0) is 13.5.